The van der Waals surface area contributed by atoms with E-state index in [2.05, 4.69) is 50.3 Å². The summed E-state index contributed by atoms with van der Waals surface area (Å²) in [7, 11) is -4.60. The summed E-state index contributed by atoms with van der Waals surface area (Å²) in [6.45, 7) is 3.62. The fraction of sp³-hybridized carbons (Fsp3) is 0.814. The first-order valence-electron chi connectivity index (χ1n) is 21.5. The number of aliphatic hydroxyl groups excluding tert-OH is 3. The van der Waals surface area contributed by atoms with Gasteiger partial charge in [0.2, 0.25) is 0 Å². The van der Waals surface area contributed by atoms with E-state index in [1.165, 1.54) is 57.8 Å². The third-order valence-corrected chi connectivity index (χ3v) is 10.5. The molecule has 0 aromatic rings. The third kappa shape index (κ3) is 28.3. The Balaban J connectivity index is 2.49. The molecular weight excluding hydrogens is 741 g/mol. The molecule has 1 saturated heterocycles. The number of allylic oxidation sites excluding steroid dienone is 6. The molecule has 1 heterocycles. The molecule has 0 aliphatic carbocycles. The van der Waals surface area contributed by atoms with Crippen LogP contribution in [0.2, 0.25) is 0 Å². The molecule has 6 atom stereocenters. The Hall–Kier alpha value is -2.13. The summed E-state index contributed by atoms with van der Waals surface area (Å²) < 4.78 is 54.0. The van der Waals surface area contributed by atoms with Crippen LogP contribution < -0.4 is 0 Å². The fourth-order valence-corrected chi connectivity index (χ4v) is 7.09. The molecule has 6 unspecified atom stereocenters. The van der Waals surface area contributed by atoms with E-state index in [0.717, 1.165) is 70.6 Å². The van der Waals surface area contributed by atoms with Gasteiger partial charge >= 0.3 is 11.9 Å². The fourth-order valence-electron chi connectivity index (χ4n) is 6.40. The summed E-state index contributed by atoms with van der Waals surface area (Å²) in [5, 5.41) is 30.8. The molecular formula is C43H76O12S. The molecule has 4 N–H and O–H groups in total. The standard InChI is InChI=1S/C43H76O12S/c1-3-5-7-9-11-13-15-17-18-20-22-24-26-28-30-32-39(45)54-36(34-53-43-42(48)41(47)40(46)37(55-43)35-56(49,50)51)33-52-38(44)31-29-27-25-23-21-19-16-14-12-10-8-6-4-2/h5,7,11,13,17-18,36-37,40-43,46-48H,3-4,6,8-10,12,14-16,19-35H2,1-2H3,(H,49,50,51)/b7-5-,13-11-,18-17-. The Bertz CT molecular complexity index is 1190. The number of rotatable bonds is 35. The topological polar surface area (TPSA) is 186 Å². The largest absolute Gasteiger partial charge is 0.462 e. The number of esters is 2. The van der Waals surface area contributed by atoms with Crippen molar-refractivity contribution in [3.63, 3.8) is 0 Å². The SMILES string of the molecule is CC/C=C\C/C=C\C/C=C\CCCCCCCC(=O)OC(COC(=O)CCCCCCCCCCCCCCC)COC1OC(CS(=O)(=O)O)C(O)C(O)C1O. The number of carbonyl (C=O) groups is 2. The molecule has 0 bridgehead atoms. The van der Waals surface area contributed by atoms with Crippen LogP contribution in [0.3, 0.4) is 0 Å². The van der Waals surface area contributed by atoms with E-state index >= 15 is 0 Å². The van der Waals surface area contributed by atoms with E-state index < -0.39 is 71.2 Å². The Morgan fingerprint density at radius 2 is 1.12 bits per heavy atom. The van der Waals surface area contributed by atoms with Gasteiger partial charge in [-0.1, -0.05) is 147 Å². The molecule has 0 aromatic carbocycles. The molecule has 1 aliphatic heterocycles. The maximum atomic E-state index is 12.8. The van der Waals surface area contributed by atoms with Crippen molar-refractivity contribution in [2.75, 3.05) is 19.0 Å². The molecule has 0 aromatic heterocycles. The number of hydrogen-bond donors (Lipinski definition) is 4. The first-order chi connectivity index (χ1) is 27.0. The molecule has 1 fully saturated rings. The molecule has 56 heavy (non-hydrogen) atoms. The second-order valence-electron chi connectivity index (χ2n) is 15.0. The molecule has 0 amide bonds. The highest BCUT2D eigenvalue weighted by Crippen LogP contribution is 2.24. The minimum atomic E-state index is -4.60. The van der Waals surface area contributed by atoms with E-state index in [-0.39, 0.29) is 19.4 Å². The van der Waals surface area contributed by atoms with E-state index in [1.807, 2.05) is 0 Å². The summed E-state index contributed by atoms with van der Waals surface area (Å²) in [6.07, 6.45) is 27.6. The predicted molar refractivity (Wildman–Crippen MR) is 219 cm³/mol. The van der Waals surface area contributed by atoms with Gasteiger partial charge in [-0.05, 0) is 44.9 Å². The van der Waals surface area contributed by atoms with Crippen LogP contribution in [0.4, 0.5) is 0 Å². The second-order valence-corrected chi connectivity index (χ2v) is 16.5. The third-order valence-electron chi connectivity index (χ3n) is 9.73. The number of unbranched alkanes of at least 4 members (excludes halogenated alkanes) is 17. The van der Waals surface area contributed by atoms with Crippen LogP contribution in [-0.2, 0) is 38.7 Å². The average molecular weight is 817 g/mol. The summed E-state index contributed by atoms with van der Waals surface area (Å²) >= 11 is 0. The molecule has 12 nitrogen and oxygen atoms in total. The smallest absolute Gasteiger partial charge is 0.306 e. The van der Waals surface area contributed by atoms with Gasteiger partial charge < -0.3 is 34.3 Å². The highest BCUT2D eigenvalue weighted by atomic mass is 32.2. The normalized spacial score (nSPS) is 21.0. The number of hydrogen-bond acceptors (Lipinski definition) is 11. The minimum absolute atomic E-state index is 0.146. The maximum Gasteiger partial charge on any atom is 0.306 e. The van der Waals surface area contributed by atoms with Crippen molar-refractivity contribution in [3.8, 4) is 0 Å². The van der Waals surface area contributed by atoms with Crippen LogP contribution in [0.15, 0.2) is 36.5 Å². The van der Waals surface area contributed by atoms with Crippen molar-refractivity contribution in [2.24, 2.45) is 0 Å². The summed E-state index contributed by atoms with van der Waals surface area (Å²) in [6, 6.07) is 0. The van der Waals surface area contributed by atoms with E-state index in [4.69, 9.17) is 18.9 Å². The van der Waals surface area contributed by atoms with Crippen LogP contribution in [0.1, 0.15) is 168 Å². The van der Waals surface area contributed by atoms with Crippen LogP contribution >= 0.6 is 0 Å². The van der Waals surface area contributed by atoms with Gasteiger partial charge in [-0.2, -0.15) is 8.42 Å². The molecule has 0 radical (unpaired) electrons. The van der Waals surface area contributed by atoms with Crippen molar-refractivity contribution in [1.29, 1.82) is 0 Å². The first-order valence-corrected chi connectivity index (χ1v) is 23.2. The Kier molecular flexibility index (Phi) is 31.3. The molecule has 1 rings (SSSR count). The summed E-state index contributed by atoms with van der Waals surface area (Å²) in [5.74, 6) is -2.00. The highest BCUT2D eigenvalue weighted by molar-refractivity contribution is 7.85. The van der Waals surface area contributed by atoms with Crippen LogP contribution in [0.25, 0.3) is 0 Å². The highest BCUT2D eigenvalue weighted by Gasteiger charge is 2.46. The summed E-state index contributed by atoms with van der Waals surface area (Å²) in [5.41, 5.74) is 0. The van der Waals surface area contributed by atoms with Crippen molar-refractivity contribution < 1.29 is 56.8 Å². The van der Waals surface area contributed by atoms with Gasteiger partial charge in [0.25, 0.3) is 10.1 Å². The van der Waals surface area contributed by atoms with E-state index in [0.29, 0.717) is 12.8 Å². The monoisotopic (exact) mass is 817 g/mol. The van der Waals surface area contributed by atoms with E-state index in [1.54, 1.807) is 0 Å². The lowest BCUT2D eigenvalue weighted by atomic mass is 10.00. The Labute approximate surface area is 338 Å². The van der Waals surface area contributed by atoms with Crippen molar-refractivity contribution >= 4 is 22.1 Å². The lowest BCUT2D eigenvalue weighted by Crippen LogP contribution is -2.60. The first kappa shape index (κ1) is 51.9. The van der Waals surface area contributed by atoms with Crippen molar-refractivity contribution in [2.45, 2.75) is 205 Å². The van der Waals surface area contributed by atoms with Crippen LogP contribution in [-0.4, -0.2) is 96.0 Å². The second kappa shape index (κ2) is 33.8. The lowest BCUT2D eigenvalue weighted by molar-refractivity contribution is -0.297. The molecule has 1 aliphatic rings. The van der Waals surface area contributed by atoms with Gasteiger partial charge in [-0.25, -0.2) is 0 Å². The molecule has 13 heteroatoms. The zero-order chi connectivity index (χ0) is 41.3. The van der Waals surface area contributed by atoms with Crippen molar-refractivity contribution in [1.82, 2.24) is 0 Å². The summed E-state index contributed by atoms with van der Waals surface area (Å²) in [4.78, 5) is 25.3. The minimum Gasteiger partial charge on any atom is -0.462 e. The quantitative estimate of drug-likeness (QED) is 0.0208. The molecule has 0 spiro atoms. The maximum absolute atomic E-state index is 12.8. The Morgan fingerprint density at radius 1 is 0.625 bits per heavy atom. The van der Waals surface area contributed by atoms with E-state index in [9.17, 15) is 37.9 Å². The number of carbonyl (C=O) groups excluding carboxylic acids is 2. The van der Waals surface area contributed by atoms with Crippen LogP contribution in [0.5, 0.6) is 0 Å². The number of ether oxygens (including phenoxy) is 4. The van der Waals surface area contributed by atoms with Crippen LogP contribution in [0, 0.1) is 0 Å². The van der Waals surface area contributed by atoms with Gasteiger partial charge in [0.1, 0.15) is 36.8 Å². The number of aliphatic hydroxyl groups is 3. The predicted octanol–water partition coefficient (Wildman–Crippen LogP) is 8.22. The van der Waals surface area contributed by atoms with Gasteiger partial charge in [-0.3, -0.25) is 14.1 Å². The average Bonchev–Trinajstić information content (AvgIpc) is 3.16. The zero-order valence-electron chi connectivity index (χ0n) is 34.5. The lowest BCUT2D eigenvalue weighted by Gasteiger charge is -2.40. The Morgan fingerprint density at radius 3 is 1.68 bits per heavy atom. The van der Waals surface area contributed by atoms with Gasteiger partial charge in [0.05, 0.1) is 6.61 Å². The van der Waals surface area contributed by atoms with Crippen molar-refractivity contribution in [3.05, 3.63) is 36.5 Å². The van der Waals surface area contributed by atoms with Gasteiger partial charge in [0.15, 0.2) is 12.4 Å². The molecule has 0 saturated carbocycles. The molecule has 326 valence electrons. The van der Waals surface area contributed by atoms with Gasteiger partial charge in [-0.15, -0.1) is 0 Å². The van der Waals surface area contributed by atoms with Gasteiger partial charge in [0, 0.05) is 12.8 Å². The zero-order valence-corrected chi connectivity index (χ0v) is 35.3.